The number of carbonyl (C=O) groups excluding carboxylic acids is 2. The summed E-state index contributed by atoms with van der Waals surface area (Å²) < 4.78 is 0. The third kappa shape index (κ3) is 43.7. The average Bonchev–Trinajstić information content (AvgIpc) is 3.20. The van der Waals surface area contributed by atoms with Crippen molar-refractivity contribution in [2.24, 2.45) is 5.92 Å². The number of carbonyl (C=O) groups is 2. The van der Waals surface area contributed by atoms with Gasteiger partial charge in [-0.25, -0.2) is 0 Å². The normalized spacial score (nSPS) is 12.6. The highest BCUT2D eigenvalue weighted by Crippen LogP contribution is 2.21. The number of unbranched alkanes of at least 4 members (excludes halogenated alkanes) is 32. The van der Waals surface area contributed by atoms with Crippen LogP contribution in [-0.4, -0.2) is 11.6 Å². The lowest BCUT2D eigenvalue weighted by atomic mass is 9.88. The summed E-state index contributed by atoms with van der Waals surface area (Å²) in [7, 11) is 0. The molecule has 0 aromatic heterocycles. The minimum atomic E-state index is -0.167. The Morgan fingerprint density at radius 3 is 0.929 bits per heavy atom. The molecule has 0 amide bonds. The van der Waals surface area contributed by atoms with Crippen molar-refractivity contribution in [3.8, 4) is 0 Å². The van der Waals surface area contributed by atoms with Crippen molar-refractivity contribution in [3.63, 3.8) is 0 Å². The van der Waals surface area contributed by atoms with Crippen molar-refractivity contribution in [1.29, 1.82) is 0 Å². The number of ketones is 2. The second kappa shape index (κ2) is 47.9. The molecule has 0 saturated carbocycles. The van der Waals surface area contributed by atoms with Crippen molar-refractivity contribution in [2.75, 3.05) is 0 Å². The van der Waals surface area contributed by atoms with E-state index in [-0.39, 0.29) is 11.7 Å². The maximum absolute atomic E-state index is 13.4. The number of rotatable bonds is 47. The van der Waals surface area contributed by atoms with Crippen LogP contribution in [0.2, 0.25) is 0 Å². The Labute approximate surface area is 352 Å². The van der Waals surface area contributed by atoms with Crippen molar-refractivity contribution in [2.45, 2.75) is 284 Å². The van der Waals surface area contributed by atoms with Crippen molar-refractivity contribution >= 4 is 11.6 Å². The van der Waals surface area contributed by atoms with Crippen molar-refractivity contribution < 1.29 is 9.59 Å². The number of hydrogen-bond acceptors (Lipinski definition) is 2. The highest BCUT2D eigenvalue weighted by Gasteiger charge is 2.21. The molecule has 0 aromatic carbocycles. The average molecular weight is 780 g/mol. The van der Waals surface area contributed by atoms with Gasteiger partial charge in [0, 0.05) is 25.2 Å². The van der Waals surface area contributed by atoms with Gasteiger partial charge in [-0.1, -0.05) is 211 Å². The SMILES string of the molecule is CCCCCCCC/C=C\CCCCCCCC(=O)[CH]C(CCCCCC/C=C\CCCCCCCC)C(=O)CCCCCCC/C=C\CCCCCCCC. The van der Waals surface area contributed by atoms with Crippen molar-refractivity contribution in [3.05, 3.63) is 42.9 Å². The molecule has 0 heterocycles. The first-order chi connectivity index (χ1) is 27.7. The minimum Gasteiger partial charge on any atom is -0.299 e. The van der Waals surface area contributed by atoms with Gasteiger partial charge in [0.2, 0.25) is 0 Å². The molecule has 0 aliphatic rings. The van der Waals surface area contributed by atoms with Gasteiger partial charge in [-0.05, 0) is 96.3 Å². The summed E-state index contributed by atoms with van der Waals surface area (Å²) in [5.74, 6) is 0.360. The Balaban J connectivity index is 4.31. The Morgan fingerprint density at radius 1 is 0.321 bits per heavy atom. The lowest BCUT2D eigenvalue weighted by Gasteiger charge is -2.15. The Bertz CT molecular complexity index is 881. The monoisotopic (exact) mass is 780 g/mol. The molecule has 327 valence electrons. The lowest BCUT2D eigenvalue weighted by molar-refractivity contribution is -0.125. The van der Waals surface area contributed by atoms with Gasteiger partial charge in [0.15, 0.2) is 0 Å². The molecule has 0 fully saturated rings. The van der Waals surface area contributed by atoms with Gasteiger partial charge in [0.1, 0.15) is 11.6 Å². The molecule has 0 N–H and O–H groups in total. The van der Waals surface area contributed by atoms with Gasteiger partial charge >= 0.3 is 0 Å². The first kappa shape index (κ1) is 54.6. The highest BCUT2D eigenvalue weighted by molar-refractivity contribution is 5.94. The van der Waals surface area contributed by atoms with E-state index in [0.717, 1.165) is 38.5 Å². The van der Waals surface area contributed by atoms with Gasteiger partial charge in [-0.15, -0.1) is 0 Å². The third-order valence-electron chi connectivity index (χ3n) is 11.7. The Morgan fingerprint density at radius 2 is 0.589 bits per heavy atom. The molecule has 0 saturated heterocycles. The van der Waals surface area contributed by atoms with Crippen LogP contribution in [0.25, 0.3) is 0 Å². The molecule has 0 aliphatic heterocycles. The zero-order valence-electron chi connectivity index (χ0n) is 38.4. The first-order valence-electron chi connectivity index (χ1n) is 25.5. The fourth-order valence-corrected chi connectivity index (χ4v) is 7.83. The van der Waals surface area contributed by atoms with Crippen LogP contribution in [-0.2, 0) is 9.59 Å². The molecule has 1 atom stereocenters. The number of Topliss-reactive ketones (excluding diaryl/α,β-unsaturated/α-hetero) is 2. The maximum Gasteiger partial charge on any atom is 0.137 e. The fourth-order valence-electron chi connectivity index (χ4n) is 7.83. The van der Waals surface area contributed by atoms with E-state index in [9.17, 15) is 9.59 Å². The number of allylic oxidation sites excluding steroid dienone is 6. The summed E-state index contributed by atoms with van der Waals surface area (Å²) in [5.41, 5.74) is 0. The standard InChI is InChI=1S/C54H99O2/c1-4-7-10-13-16-19-22-25-28-31-34-37-40-43-46-49-53(55)51-52(48-45-42-39-36-33-30-27-24-21-18-15-12-9-6-3)54(56)50-47-44-41-38-35-32-29-26-23-20-17-14-11-8-5-2/h25-30,51-52H,4-24,31-50H2,1-3H3/b28-25-,29-26-,30-27-. The second-order valence-electron chi connectivity index (χ2n) is 17.4. The maximum atomic E-state index is 13.4. The number of hydrogen-bond donors (Lipinski definition) is 0. The first-order valence-corrected chi connectivity index (χ1v) is 25.5. The van der Waals surface area contributed by atoms with Crippen LogP contribution >= 0.6 is 0 Å². The molecule has 0 rings (SSSR count). The van der Waals surface area contributed by atoms with Crippen LogP contribution in [0.5, 0.6) is 0 Å². The molecule has 0 aliphatic carbocycles. The summed E-state index contributed by atoms with van der Waals surface area (Å²) in [6, 6.07) is 0. The molecule has 56 heavy (non-hydrogen) atoms. The van der Waals surface area contributed by atoms with E-state index in [1.165, 1.54) is 212 Å². The van der Waals surface area contributed by atoms with Gasteiger partial charge in [0.05, 0.1) is 0 Å². The molecule has 1 radical (unpaired) electrons. The van der Waals surface area contributed by atoms with Gasteiger partial charge in [0.25, 0.3) is 0 Å². The minimum absolute atomic E-state index is 0.167. The zero-order valence-corrected chi connectivity index (χ0v) is 38.4. The second-order valence-corrected chi connectivity index (χ2v) is 17.4. The summed E-state index contributed by atoms with van der Waals surface area (Å²) in [5, 5.41) is 0. The van der Waals surface area contributed by atoms with E-state index in [2.05, 4.69) is 57.2 Å². The van der Waals surface area contributed by atoms with Crippen LogP contribution in [0.3, 0.4) is 0 Å². The van der Waals surface area contributed by atoms with E-state index in [1.54, 1.807) is 0 Å². The molecule has 2 nitrogen and oxygen atoms in total. The molecular formula is C54H99O2. The van der Waals surface area contributed by atoms with Gasteiger partial charge < -0.3 is 0 Å². The lowest BCUT2D eigenvalue weighted by Crippen LogP contribution is -2.19. The van der Waals surface area contributed by atoms with E-state index >= 15 is 0 Å². The van der Waals surface area contributed by atoms with Gasteiger partial charge in [-0.3, -0.25) is 9.59 Å². The summed E-state index contributed by atoms with van der Waals surface area (Å²) in [6.45, 7) is 6.84. The van der Waals surface area contributed by atoms with Crippen LogP contribution in [0.15, 0.2) is 36.5 Å². The Kier molecular flexibility index (Phi) is 46.7. The predicted octanol–water partition coefficient (Wildman–Crippen LogP) is 18.7. The summed E-state index contributed by atoms with van der Waals surface area (Å²) in [4.78, 5) is 26.4. The predicted molar refractivity (Wildman–Crippen MR) is 252 cm³/mol. The largest absolute Gasteiger partial charge is 0.299 e. The molecular weight excluding hydrogens is 681 g/mol. The molecule has 0 spiro atoms. The quantitative estimate of drug-likeness (QED) is 0.0455. The van der Waals surface area contributed by atoms with Gasteiger partial charge in [-0.2, -0.15) is 0 Å². The molecule has 0 aromatic rings. The molecule has 0 bridgehead atoms. The third-order valence-corrected chi connectivity index (χ3v) is 11.7. The smallest absolute Gasteiger partial charge is 0.137 e. The van der Waals surface area contributed by atoms with Crippen LogP contribution < -0.4 is 0 Å². The van der Waals surface area contributed by atoms with E-state index in [1.807, 2.05) is 6.42 Å². The summed E-state index contributed by atoms with van der Waals surface area (Å²) >= 11 is 0. The Hall–Kier alpha value is -1.44. The van der Waals surface area contributed by atoms with Crippen LogP contribution in [0.1, 0.15) is 284 Å². The zero-order chi connectivity index (χ0) is 40.7. The van der Waals surface area contributed by atoms with Crippen LogP contribution in [0, 0.1) is 12.3 Å². The van der Waals surface area contributed by atoms with E-state index < -0.39 is 0 Å². The van der Waals surface area contributed by atoms with E-state index in [0.29, 0.717) is 18.6 Å². The molecule has 2 heteroatoms. The van der Waals surface area contributed by atoms with E-state index in [4.69, 9.17) is 0 Å². The highest BCUT2D eigenvalue weighted by atomic mass is 16.1. The topological polar surface area (TPSA) is 34.1 Å². The molecule has 1 unspecified atom stereocenters. The fraction of sp³-hybridized carbons (Fsp3) is 0.833. The summed E-state index contributed by atoms with van der Waals surface area (Å²) in [6.07, 6.45) is 66.6. The van der Waals surface area contributed by atoms with Crippen LogP contribution in [0.4, 0.5) is 0 Å². The van der Waals surface area contributed by atoms with Crippen molar-refractivity contribution in [1.82, 2.24) is 0 Å².